The molecule has 4 aromatic rings. The Kier molecular flexibility index (Phi) is 9.68. The van der Waals surface area contributed by atoms with Crippen molar-refractivity contribution in [3.8, 4) is 0 Å². The third-order valence-electron chi connectivity index (χ3n) is 9.21. The van der Waals surface area contributed by atoms with Crippen LogP contribution >= 0.6 is 26.0 Å². The monoisotopic (exact) mass is 834 g/mol. The zero-order valence-corrected chi connectivity index (χ0v) is 31.4. The minimum atomic E-state index is -4.72. The maximum Gasteiger partial charge on any atom is 0.509 e. The second kappa shape index (κ2) is 14.0. The van der Waals surface area contributed by atoms with Crippen molar-refractivity contribution >= 4 is 66.3 Å². The molecular weight excluding hydrogens is 801 g/mol. The summed E-state index contributed by atoms with van der Waals surface area (Å²) in [6.45, 7) is -2.88. The molecule has 0 amide bonds. The highest BCUT2D eigenvalue weighted by Gasteiger charge is 2.78. The number of H-pyrrole nitrogens is 1. The third-order valence-corrected chi connectivity index (χ3v) is 14.0. The van der Waals surface area contributed by atoms with E-state index in [1.807, 2.05) is 0 Å². The molecule has 4 aromatic heterocycles. The number of phosphoric acid groups is 1. The number of nitrogens with zero attached hydrogens (tertiary/aromatic N) is 7. The number of ether oxygens (including phenoxy) is 4. The molecule has 298 valence electrons. The van der Waals surface area contributed by atoms with Crippen LogP contribution in [0.1, 0.15) is 26.3 Å². The van der Waals surface area contributed by atoms with Crippen LogP contribution in [0.25, 0.3) is 22.3 Å². The zero-order chi connectivity index (χ0) is 39.0. The predicted octanol–water partition coefficient (Wildman–Crippen LogP) is 1.55. The molecule has 0 radical (unpaired) electrons. The maximum atomic E-state index is 16.5. The van der Waals surface area contributed by atoms with Gasteiger partial charge < -0.3 is 35.5 Å². The van der Waals surface area contributed by atoms with Crippen molar-refractivity contribution in [3.05, 3.63) is 29.3 Å². The van der Waals surface area contributed by atoms with Gasteiger partial charge in [0.1, 0.15) is 35.8 Å². The van der Waals surface area contributed by atoms with E-state index in [1.54, 1.807) is 13.8 Å². The molecule has 8 rings (SSSR count). The Morgan fingerprint density at radius 3 is 2.60 bits per heavy atom. The fourth-order valence-corrected chi connectivity index (χ4v) is 10.6. The lowest BCUT2D eigenvalue weighted by atomic mass is 10.1. The van der Waals surface area contributed by atoms with Crippen LogP contribution in [0.3, 0.4) is 0 Å². The number of hydrogen-bond donors (Lipinski definition) is 4. The summed E-state index contributed by atoms with van der Waals surface area (Å²) in [5.74, 6) is -1.95. The van der Waals surface area contributed by atoms with Gasteiger partial charge in [-0.3, -0.25) is 41.5 Å². The number of alkyl halides is 1. The molecule has 28 heteroatoms. The van der Waals surface area contributed by atoms with Crippen LogP contribution in [-0.2, 0) is 50.7 Å². The van der Waals surface area contributed by atoms with Gasteiger partial charge in [-0.25, -0.2) is 38.3 Å². The summed E-state index contributed by atoms with van der Waals surface area (Å²) < 4.78 is 98.8. The molecule has 1 aliphatic carbocycles. The highest BCUT2D eigenvalue weighted by molar-refractivity contribution is 8.55. The van der Waals surface area contributed by atoms with Crippen LogP contribution in [-0.4, -0.2) is 119 Å². The molecule has 3 saturated heterocycles. The van der Waals surface area contributed by atoms with Crippen LogP contribution in [0.5, 0.6) is 0 Å². The van der Waals surface area contributed by atoms with Crippen molar-refractivity contribution in [1.29, 1.82) is 0 Å². The second-order valence-electron chi connectivity index (χ2n) is 12.9. The smallest absolute Gasteiger partial charge is 0.432 e. The van der Waals surface area contributed by atoms with Crippen molar-refractivity contribution in [1.82, 2.24) is 39.0 Å². The first-order chi connectivity index (χ1) is 26.2. The lowest BCUT2D eigenvalue weighted by Crippen LogP contribution is -2.35. The number of carbonyl (C=O) groups excluding carboxylic acids is 1. The van der Waals surface area contributed by atoms with E-state index in [4.69, 9.17) is 53.0 Å². The van der Waals surface area contributed by atoms with E-state index in [0.717, 1.165) is 13.4 Å². The van der Waals surface area contributed by atoms with Gasteiger partial charge in [-0.2, -0.15) is 4.98 Å². The van der Waals surface area contributed by atoms with Crippen LogP contribution in [0, 0.1) is 5.92 Å². The molecule has 4 fully saturated rings. The molecule has 24 nitrogen and oxygen atoms in total. The van der Waals surface area contributed by atoms with E-state index in [-0.39, 0.29) is 34.1 Å². The van der Waals surface area contributed by atoms with Gasteiger partial charge >= 0.3 is 20.8 Å². The number of aromatic nitrogens is 8. The summed E-state index contributed by atoms with van der Waals surface area (Å²) in [5.41, 5.74) is 9.35. The molecule has 7 heterocycles. The number of aliphatic hydroxyl groups excluding tert-OH is 1. The summed E-state index contributed by atoms with van der Waals surface area (Å²) in [6, 6.07) is 0. The summed E-state index contributed by atoms with van der Waals surface area (Å²) in [4.78, 5) is 47.6. The molecule has 55 heavy (non-hydrogen) atoms. The van der Waals surface area contributed by atoms with Crippen LogP contribution in [0.15, 0.2) is 23.8 Å². The van der Waals surface area contributed by atoms with Crippen molar-refractivity contribution in [2.24, 2.45) is 5.92 Å². The summed E-state index contributed by atoms with van der Waals surface area (Å²) in [6.07, 6.45) is -9.21. The number of hydrogen-bond acceptors (Lipinski definition) is 22. The van der Waals surface area contributed by atoms with Gasteiger partial charge in [-0.1, -0.05) is 0 Å². The lowest BCUT2D eigenvalue weighted by Gasteiger charge is -2.30. The predicted molar refractivity (Wildman–Crippen MR) is 182 cm³/mol. The average molecular weight is 835 g/mol. The number of nitrogens with two attached hydrogens (primary N) is 2. The van der Waals surface area contributed by atoms with E-state index >= 15 is 4.39 Å². The van der Waals surface area contributed by atoms with Crippen molar-refractivity contribution in [3.63, 3.8) is 0 Å². The Morgan fingerprint density at radius 1 is 1.11 bits per heavy atom. The van der Waals surface area contributed by atoms with Gasteiger partial charge in [0.05, 0.1) is 44.0 Å². The maximum absolute atomic E-state index is 16.5. The molecule has 6 N–H and O–H groups in total. The van der Waals surface area contributed by atoms with E-state index in [9.17, 15) is 23.8 Å². The Balaban J connectivity index is 1.17. The van der Waals surface area contributed by atoms with Crippen molar-refractivity contribution in [2.75, 3.05) is 37.7 Å². The quantitative estimate of drug-likeness (QED) is 0.117. The number of phosphoric ester groups is 1. The molecular formula is C27H33FN10O14P2S. The number of rotatable bonds is 7. The van der Waals surface area contributed by atoms with Gasteiger partial charge in [-0.15, -0.1) is 0 Å². The molecule has 11 atom stereocenters. The van der Waals surface area contributed by atoms with Gasteiger partial charge in [-0.05, 0) is 13.8 Å². The summed E-state index contributed by atoms with van der Waals surface area (Å²) in [5, 5.41) is 11.2. The number of nitrogen functional groups attached to an aromatic ring is 2. The Hall–Kier alpha value is -3.81. The number of aromatic amines is 1. The number of aliphatic hydroxyl groups is 1. The fraction of sp³-hybridized carbons (Fsp3) is 0.593. The number of anilines is 2. The SMILES string of the molecule is COP1(=O)OCC23OC(n4cnc5c(=O)[nH]c(N)nc54)C(OP(=O)(SCOC(=O)OC(C)C)OCC4O[C@@H](n5cnc6c(N)ncnc65)C(F)C4O1)C2C3O. The largest absolute Gasteiger partial charge is 0.509 e. The second-order valence-corrected chi connectivity index (χ2v) is 18.6. The van der Waals surface area contributed by atoms with Gasteiger partial charge in [0.25, 0.3) is 5.56 Å². The Bertz CT molecular complexity index is 2300. The Labute approximate surface area is 311 Å². The summed E-state index contributed by atoms with van der Waals surface area (Å²) >= 11 is 0.406. The molecule has 0 aromatic carbocycles. The lowest BCUT2D eigenvalue weighted by molar-refractivity contribution is -0.114. The number of carbonyl (C=O) groups is 1. The van der Waals surface area contributed by atoms with Crippen LogP contribution in [0.2, 0.25) is 0 Å². The normalized spacial score (nSPS) is 36.2. The number of fused-ring (bicyclic) bond motifs is 3. The third kappa shape index (κ3) is 6.67. The number of imidazole rings is 2. The molecule has 10 unspecified atom stereocenters. The first-order valence-corrected chi connectivity index (χ1v) is 21.0. The van der Waals surface area contributed by atoms with Crippen LogP contribution < -0.4 is 17.0 Å². The van der Waals surface area contributed by atoms with E-state index < -0.39 is 106 Å². The molecule has 1 saturated carbocycles. The van der Waals surface area contributed by atoms with E-state index in [2.05, 4.69) is 29.9 Å². The first kappa shape index (κ1) is 38.1. The standard InChI is InChI=1S/C27H33FN10O14P2S/c1-10(2)48-26(41)45-9-55-54(43)46-4-11-16(13(28)23(49-11)37-7-33-14-19(29)31-6-32-20(14)37)51-53(42,44-3)47-5-27-12(18(27)39)17(52-54)24(50-27)38-8-34-15-21(38)35-25(30)36-22(15)40/h6-8,10-13,16-18,23-24,39H,4-5,9H2,1-3H3,(H2,29,31,32)(H3,30,35,36,40)/t11?,12?,13?,16?,17?,18?,23-,24?,27?,53?,54?/m1/s1. The number of halogens is 1. The van der Waals surface area contributed by atoms with E-state index in [0.29, 0.717) is 11.4 Å². The van der Waals surface area contributed by atoms with Gasteiger partial charge in [0.2, 0.25) is 5.95 Å². The highest BCUT2D eigenvalue weighted by atomic mass is 32.7. The zero-order valence-electron chi connectivity index (χ0n) is 28.8. The van der Waals surface area contributed by atoms with Gasteiger partial charge in [0.15, 0.2) is 47.2 Å². The van der Waals surface area contributed by atoms with Gasteiger partial charge in [0, 0.05) is 18.5 Å². The molecule has 4 aliphatic rings. The molecule has 3 aliphatic heterocycles. The number of nitrogens with one attached hydrogen (secondary N) is 1. The van der Waals surface area contributed by atoms with Crippen LogP contribution in [0.4, 0.5) is 21.0 Å². The average Bonchev–Trinajstić information content (AvgIpc) is 3.66. The summed E-state index contributed by atoms with van der Waals surface area (Å²) in [7, 11) is -3.73. The topological polar surface area (TPSA) is 314 Å². The minimum absolute atomic E-state index is 0.0102. The first-order valence-electron chi connectivity index (χ1n) is 16.4. The Morgan fingerprint density at radius 2 is 1.85 bits per heavy atom. The molecule has 2 bridgehead atoms. The fourth-order valence-electron chi connectivity index (χ4n) is 6.64. The molecule has 0 spiro atoms. The van der Waals surface area contributed by atoms with E-state index in [1.165, 1.54) is 21.8 Å². The minimum Gasteiger partial charge on any atom is -0.432 e. The van der Waals surface area contributed by atoms with Crippen molar-refractivity contribution < 1.29 is 65.0 Å². The van der Waals surface area contributed by atoms with Crippen molar-refractivity contribution in [2.45, 2.75) is 68.6 Å². The highest BCUT2D eigenvalue weighted by Crippen LogP contribution is 2.70.